The number of benzene rings is 1. The highest BCUT2D eigenvalue weighted by atomic mass is 32.1. The lowest BCUT2D eigenvalue weighted by atomic mass is 10.2. The summed E-state index contributed by atoms with van der Waals surface area (Å²) >= 11 is 4.75. The average molecular weight is 222 g/mol. The van der Waals surface area contributed by atoms with Crippen LogP contribution in [0, 0.1) is 11.3 Å². The number of methoxy groups -OCH3 is 2. The minimum absolute atomic E-state index is 0.0958. The predicted molar refractivity (Wildman–Crippen MR) is 61.4 cm³/mol. The Hall–Kier alpha value is -1.80. The van der Waals surface area contributed by atoms with Gasteiger partial charge in [-0.15, -0.1) is 0 Å². The smallest absolute Gasteiger partial charge is 0.182 e. The number of anilines is 1. The van der Waals surface area contributed by atoms with E-state index in [2.05, 4.69) is 5.32 Å². The van der Waals surface area contributed by atoms with Crippen LogP contribution in [0.1, 0.15) is 0 Å². The van der Waals surface area contributed by atoms with E-state index in [9.17, 15) is 0 Å². The molecule has 0 aliphatic heterocycles. The Labute approximate surface area is 93.4 Å². The second-order valence-corrected chi connectivity index (χ2v) is 3.04. The van der Waals surface area contributed by atoms with Crippen LogP contribution in [-0.4, -0.2) is 19.2 Å². The second kappa shape index (κ2) is 5.17. The number of hydrogen-bond donors (Lipinski definition) is 1. The van der Waals surface area contributed by atoms with E-state index in [0.29, 0.717) is 17.2 Å². The Morgan fingerprint density at radius 1 is 1.40 bits per heavy atom. The van der Waals surface area contributed by atoms with Gasteiger partial charge in [0.2, 0.25) is 0 Å². The van der Waals surface area contributed by atoms with Crippen LogP contribution in [-0.2, 0) is 0 Å². The molecule has 0 heterocycles. The molecule has 0 amide bonds. The molecule has 0 saturated heterocycles. The predicted octanol–water partition coefficient (Wildman–Crippen LogP) is 1.97. The maximum absolute atomic E-state index is 8.54. The molecule has 15 heavy (non-hydrogen) atoms. The normalized spacial score (nSPS) is 8.87. The van der Waals surface area contributed by atoms with E-state index < -0.39 is 0 Å². The third-order valence-corrected chi connectivity index (χ3v) is 1.95. The van der Waals surface area contributed by atoms with E-state index in [-0.39, 0.29) is 4.99 Å². The molecule has 0 aromatic heterocycles. The third-order valence-electron chi connectivity index (χ3n) is 1.76. The van der Waals surface area contributed by atoms with Gasteiger partial charge in [0.05, 0.1) is 19.9 Å². The van der Waals surface area contributed by atoms with Gasteiger partial charge in [0, 0.05) is 6.07 Å². The van der Waals surface area contributed by atoms with E-state index in [1.54, 1.807) is 25.3 Å². The van der Waals surface area contributed by atoms with Crippen molar-refractivity contribution in [2.45, 2.75) is 0 Å². The molecule has 0 bridgehead atoms. The highest BCUT2D eigenvalue weighted by Gasteiger charge is 2.05. The van der Waals surface area contributed by atoms with Crippen molar-refractivity contribution >= 4 is 22.9 Å². The first-order valence-electron chi connectivity index (χ1n) is 4.14. The van der Waals surface area contributed by atoms with Gasteiger partial charge in [-0.1, -0.05) is 0 Å². The highest BCUT2D eigenvalue weighted by molar-refractivity contribution is 7.81. The number of nitrogens with zero attached hydrogens (tertiary/aromatic N) is 1. The molecule has 0 saturated carbocycles. The summed E-state index contributed by atoms with van der Waals surface area (Å²) in [5.74, 6) is 1.26. The standard InChI is InChI=1S/C10H10N2O2S/c1-13-7-3-4-8(9(5-7)14-2)12-10(15)6-11/h3-5H,1-2H3,(H,12,15). The lowest BCUT2D eigenvalue weighted by molar-refractivity contribution is 0.395. The lowest BCUT2D eigenvalue weighted by Gasteiger charge is -2.10. The molecule has 78 valence electrons. The molecular weight excluding hydrogens is 212 g/mol. The molecule has 0 aliphatic carbocycles. The van der Waals surface area contributed by atoms with Crippen LogP contribution in [0.3, 0.4) is 0 Å². The Balaban J connectivity index is 2.98. The largest absolute Gasteiger partial charge is 0.497 e. The summed E-state index contributed by atoms with van der Waals surface area (Å²) < 4.78 is 10.2. The Morgan fingerprint density at radius 3 is 2.67 bits per heavy atom. The van der Waals surface area contributed by atoms with E-state index in [4.69, 9.17) is 27.0 Å². The Morgan fingerprint density at radius 2 is 2.13 bits per heavy atom. The van der Waals surface area contributed by atoms with Gasteiger partial charge in [-0.25, -0.2) is 0 Å². The van der Waals surface area contributed by atoms with Gasteiger partial charge in [-0.3, -0.25) is 0 Å². The van der Waals surface area contributed by atoms with E-state index in [0.717, 1.165) is 0 Å². The molecule has 1 rings (SSSR count). The number of hydrogen-bond acceptors (Lipinski definition) is 4. The van der Waals surface area contributed by atoms with Crippen LogP contribution < -0.4 is 14.8 Å². The van der Waals surface area contributed by atoms with Gasteiger partial charge in [-0.05, 0) is 24.4 Å². The molecule has 0 aliphatic rings. The molecule has 0 radical (unpaired) electrons. The second-order valence-electron chi connectivity index (χ2n) is 2.63. The van der Waals surface area contributed by atoms with Crippen molar-refractivity contribution in [2.75, 3.05) is 19.5 Å². The Kier molecular flexibility index (Phi) is 3.89. The number of nitrogens with one attached hydrogen (secondary N) is 1. The maximum Gasteiger partial charge on any atom is 0.182 e. The Bertz CT molecular complexity index is 412. The SMILES string of the molecule is COc1ccc(NC(=S)C#N)c(OC)c1. The highest BCUT2D eigenvalue weighted by Crippen LogP contribution is 2.28. The van der Waals surface area contributed by atoms with Gasteiger partial charge >= 0.3 is 0 Å². The molecule has 0 atom stereocenters. The van der Waals surface area contributed by atoms with Gasteiger partial charge in [0.15, 0.2) is 4.99 Å². The summed E-state index contributed by atoms with van der Waals surface area (Å²) in [4.78, 5) is 0.0958. The van der Waals surface area contributed by atoms with Crippen molar-refractivity contribution in [2.24, 2.45) is 0 Å². The minimum Gasteiger partial charge on any atom is -0.497 e. The van der Waals surface area contributed by atoms with Crippen LogP contribution in [0.25, 0.3) is 0 Å². The minimum atomic E-state index is 0.0958. The number of ether oxygens (including phenoxy) is 2. The summed E-state index contributed by atoms with van der Waals surface area (Å²) in [5.41, 5.74) is 0.643. The van der Waals surface area contributed by atoms with Crippen molar-refractivity contribution in [3.8, 4) is 17.6 Å². The average Bonchev–Trinajstić information content (AvgIpc) is 2.29. The third kappa shape index (κ3) is 2.82. The summed E-state index contributed by atoms with van der Waals surface area (Å²) in [5, 5.41) is 11.3. The zero-order valence-corrected chi connectivity index (χ0v) is 9.22. The quantitative estimate of drug-likeness (QED) is 0.792. The van der Waals surface area contributed by atoms with E-state index in [1.807, 2.05) is 6.07 Å². The maximum atomic E-state index is 8.54. The molecule has 0 unspecified atom stereocenters. The topological polar surface area (TPSA) is 54.3 Å². The van der Waals surface area contributed by atoms with Gasteiger partial charge < -0.3 is 14.8 Å². The lowest BCUT2D eigenvalue weighted by Crippen LogP contribution is -2.06. The van der Waals surface area contributed by atoms with Crippen molar-refractivity contribution in [1.29, 1.82) is 5.26 Å². The van der Waals surface area contributed by atoms with Gasteiger partial charge in [0.25, 0.3) is 0 Å². The molecule has 1 aromatic rings. The molecule has 0 fully saturated rings. The monoisotopic (exact) mass is 222 g/mol. The van der Waals surface area contributed by atoms with Crippen molar-refractivity contribution in [1.82, 2.24) is 0 Å². The van der Waals surface area contributed by atoms with E-state index >= 15 is 0 Å². The first-order valence-corrected chi connectivity index (χ1v) is 4.55. The summed E-state index contributed by atoms with van der Waals surface area (Å²) in [6, 6.07) is 7.03. The van der Waals surface area contributed by atoms with Crippen LogP contribution >= 0.6 is 12.2 Å². The summed E-state index contributed by atoms with van der Waals surface area (Å²) in [6.45, 7) is 0. The molecule has 5 heteroatoms. The van der Waals surface area contributed by atoms with Crippen molar-refractivity contribution in [3.05, 3.63) is 18.2 Å². The molecule has 0 spiro atoms. The number of nitriles is 1. The molecule has 1 N–H and O–H groups in total. The molecular formula is C10H10N2O2S. The summed E-state index contributed by atoms with van der Waals surface area (Å²) in [6.07, 6.45) is 0. The van der Waals surface area contributed by atoms with E-state index in [1.165, 1.54) is 7.11 Å². The fraction of sp³-hybridized carbons (Fsp3) is 0.200. The molecule has 1 aromatic carbocycles. The van der Waals surface area contributed by atoms with Crippen molar-refractivity contribution in [3.63, 3.8) is 0 Å². The van der Waals surface area contributed by atoms with Crippen LogP contribution in [0.2, 0.25) is 0 Å². The first-order chi connectivity index (χ1) is 7.21. The van der Waals surface area contributed by atoms with Crippen LogP contribution in [0.15, 0.2) is 18.2 Å². The van der Waals surface area contributed by atoms with Gasteiger partial charge in [0.1, 0.15) is 17.6 Å². The fourth-order valence-corrected chi connectivity index (χ4v) is 1.16. The zero-order chi connectivity index (χ0) is 11.3. The van der Waals surface area contributed by atoms with Crippen molar-refractivity contribution < 1.29 is 9.47 Å². The van der Waals surface area contributed by atoms with Gasteiger partial charge in [-0.2, -0.15) is 5.26 Å². The zero-order valence-electron chi connectivity index (χ0n) is 8.40. The van der Waals surface area contributed by atoms with Crippen LogP contribution in [0.4, 0.5) is 5.69 Å². The number of thiocarbonyl (C=S) groups is 1. The molecule has 4 nitrogen and oxygen atoms in total. The first kappa shape index (κ1) is 11.3. The number of rotatable bonds is 3. The van der Waals surface area contributed by atoms with Crippen LogP contribution in [0.5, 0.6) is 11.5 Å². The fourth-order valence-electron chi connectivity index (χ4n) is 1.05. The summed E-state index contributed by atoms with van der Waals surface area (Å²) in [7, 11) is 3.11.